The van der Waals surface area contributed by atoms with Crippen LogP contribution < -0.4 is 10.6 Å². The van der Waals surface area contributed by atoms with Crippen molar-refractivity contribution >= 4 is 11.4 Å². The third kappa shape index (κ3) is 2.52. The van der Waals surface area contributed by atoms with Gasteiger partial charge in [0.25, 0.3) is 0 Å². The lowest BCUT2D eigenvalue weighted by molar-refractivity contribution is -0.179. The van der Waals surface area contributed by atoms with Crippen molar-refractivity contribution in [2.24, 2.45) is 5.92 Å². The van der Waals surface area contributed by atoms with Crippen molar-refractivity contribution in [3.63, 3.8) is 0 Å². The lowest BCUT2D eigenvalue weighted by Crippen LogP contribution is -2.39. The molecule has 0 unspecified atom stereocenters. The molecule has 0 atom stereocenters. The van der Waals surface area contributed by atoms with Crippen LogP contribution in [0.5, 0.6) is 0 Å². The number of para-hydroxylation sites is 1. The fourth-order valence-corrected chi connectivity index (χ4v) is 2.25. The van der Waals surface area contributed by atoms with Crippen LogP contribution in [0.15, 0.2) is 18.2 Å². The number of benzene rings is 1. The number of rotatable bonds is 1. The van der Waals surface area contributed by atoms with Crippen molar-refractivity contribution in [1.82, 2.24) is 0 Å². The Kier molecular flexibility index (Phi) is 3.36. The first-order valence-electron chi connectivity index (χ1n) is 5.75. The normalized spacial score (nSPS) is 18.1. The van der Waals surface area contributed by atoms with Crippen LogP contribution in [-0.4, -0.2) is 19.3 Å². The maximum atomic E-state index is 13.3. The van der Waals surface area contributed by atoms with Crippen molar-refractivity contribution in [3.8, 4) is 0 Å². The van der Waals surface area contributed by atoms with Crippen LogP contribution in [0.2, 0.25) is 0 Å². The average Bonchev–Trinajstić information content (AvgIpc) is 2.32. The van der Waals surface area contributed by atoms with Crippen LogP contribution in [0, 0.1) is 11.7 Å². The predicted octanol–water partition coefficient (Wildman–Crippen LogP) is 3.19. The summed E-state index contributed by atoms with van der Waals surface area (Å²) in [6.07, 6.45) is -4.08. The molecular formula is C12H14F4N2. The number of hydrogen-bond acceptors (Lipinski definition) is 2. The number of piperidine rings is 1. The monoisotopic (exact) mass is 262 g/mol. The SMILES string of the molecule is Nc1c(F)cccc1N1CCC(C(F)(F)F)CC1. The third-order valence-corrected chi connectivity index (χ3v) is 3.33. The van der Waals surface area contributed by atoms with Crippen molar-refractivity contribution < 1.29 is 17.6 Å². The fraction of sp³-hybridized carbons (Fsp3) is 0.500. The van der Waals surface area contributed by atoms with Crippen molar-refractivity contribution in [2.75, 3.05) is 23.7 Å². The van der Waals surface area contributed by atoms with Gasteiger partial charge in [-0.1, -0.05) is 6.07 Å². The highest BCUT2D eigenvalue weighted by Crippen LogP contribution is 2.36. The number of alkyl halides is 3. The highest BCUT2D eigenvalue weighted by atomic mass is 19.4. The van der Waals surface area contributed by atoms with Crippen LogP contribution in [0.25, 0.3) is 0 Å². The molecule has 2 nitrogen and oxygen atoms in total. The number of anilines is 2. The maximum Gasteiger partial charge on any atom is 0.391 e. The summed E-state index contributed by atoms with van der Waals surface area (Å²) in [4.78, 5) is 1.71. The Hall–Kier alpha value is -1.46. The molecule has 1 fully saturated rings. The smallest absolute Gasteiger partial charge is 0.391 e. The standard InChI is InChI=1S/C12H14F4N2/c13-9-2-1-3-10(11(9)17)18-6-4-8(5-7-18)12(14,15)16/h1-3,8H,4-7,17H2. The van der Waals surface area contributed by atoms with E-state index in [-0.39, 0.29) is 31.6 Å². The number of nitrogens with two attached hydrogens (primary N) is 1. The maximum absolute atomic E-state index is 13.3. The highest BCUT2D eigenvalue weighted by molar-refractivity contribution is 5.68. The number of hydrogen-bond donors (Lipinski definition) is 1. The van der Waals surface area contributed by atoms with Gasteiger partial charge < -0.3 is 10.6 Å². The fourth-order valence-electron chi connectivity index (χ4n) is 2.25. The van der Waals surface area contributed by atoms with Gasteiger partial charge in [0.05, 0.1) is 17.3 Å². The summed E-state index contributed by atoms with van der Waals surface area (Å²) >= 11 is 0. The summed E-state index contributed by atoms with van der Waals surface area (Å²) < 4.78 is 50.8. The molecule has 100 valence electrons. The molecule has 0 radical (unpaired) electrons. The summed E-state index contributed by atoms with van der Waals surface area (Å²) in [5, 5.41) is 0. The molecule has 6 heteroatoms. The van der Waals surface area contributed by atoms with E-state index < -0.39 is 17.9 Å². The van der Waals surface area contributed by atoms with Crippen molar-refractivity contribution in [1.29, 1.82) is 0 Å². The summed E-state index contributed by atoms with van der Waals surface area (Å²) in [6.45, 7) is 0.496. The summed E-state index contributed by atoms with van der Waals surface area (Å²) in [7, 11) is 0. The molecule has 0 amide bonds. The second kappa shape index (κ2) is 4.66. The zero-order valence-corrected chi connectivity index (χ0v) is 9.67. The first-order chi connectivity index (χ1) is 8.39. The van der Waals surface area contributed by atoms with Crippen LogP contribution in [0.1, 0.15) is 12.8 Å². The molecule has 1 heterocycles. The van der Waals surface area contributed by atoms with Crippen LogP contribution in [0.3, 0.4) is 0 Å². The van der Waals surface area contributed by atoms with E-state index in [0.29, 0.717) is 5.69 Å². The van der Waals surface area contributed by atoms with E-state index in [1.54, 1.807) is 11.0 Å². The zero-order chi connectivity index (χ0) is 13.3. The topological polar surface area (TPSA) is 29.3 Å². The van der Waals surface area contributed by atoms with Gasteiger partial charge in [0.2, 0.25) is 0 Å². The van der Waals surface area contributed by atoms with E-state index in [1.807, 2.05) is 0 Å². The molecular weight excluding hydrogens is 248 g/mol. The predicted molar refractivity (Wildman–Crippen MR) is 61.8 cm³/mol. The average molecular weight is 262 g/mol. The molecule has 0 aromatic heterocycles. The van der Waals surface area contributed by atoms with Gasteiger partial charge in [-0.05, 0) is 25.0 Å². The molecule has 1 aliphatic heterocycles. The van der Waals surface area contributed by atoms with E-state index in [2.05, 4.69) is 0 Å². The molecule has 1 aromatic rings. The first kappa shape index (κ1) is 13.0. The summed E-state index contributed by atoms with van der Waals surface area (Å²) in [6, 6.07) is 4.38. The van der Waals surface area contributed by atoms with Gasteiger partial charge >= 0.3 is 6.18 Å². The molecule has 0 aliphatic carbocycles. The van der Waals surface area contributed by atoms with Crippen molar-refractivity contribution in [3.05, 3.63) is 24.0 Å². The lowest BCUT2D eigenvalue weighted by atomic mass is 9.96. The minimum atomic E-state index is -4.14. The van der Waals surface area contributed by atoms with Gasteiger partial charge in [-0.25, -0.2) is 4.39 Å². The lowest BCUT2D eigenvalue weighted by Gasteiger charge is -2.35. The number of halogens is 4. The Morgan fingerprint density at radius 2 is 1.78 bits per heavy atom. The second-order valence-electron chi connectivity index (χ2n) is 4.48. The molecule has 0 saturated carbocycles. The Bertz CT molecular complexity index is 423. The third-order valence-electron chi connectivity index (χ3n) is 3.33. The number of nitrogen functional groups attached to an aromatic ring is 1. The Labute approximate surface area is 102 Å². The van der Waals surface area contributed by atoms with Gasteiger partial charge in [-0.2, -0.15) is 13.2 Å². The van der Waals surface area contributed by atoms with E-state index in [0.717, 1.165) is 0 Å². The van der Waals surface area contributed by atoms with Gasteiger partial charge in [0.15, 0.2) is 0 Å². The molecule has 0 bridgehead atoms. The molecule has 2 N–H and O–H groups in total. The van der Waals surface area contributed by atoms with Gasteiger partial charge in [0.1, 0.15) is 5.82 Å². The number of nitrogens with zero attached hydrogens (tertiary/aromatic N) is 1. The minimum absolute atomic E-state index is 0.00274. The van der Waals surface area contributed by atoms with Crippen LogP contribution in [-0.2, 0) is 0 Å². The van der Waals surface area contributed by atoms with E-state index in [1.165, 1.54) is 12.1 Å². The highest BCUT2D eigenvalue weighted by Gasteiger charge is 2.41. The Morgan fingerprint density at radius 3 is 2.33 bits per heavy atom. The van der Waals surface area contributed by atoms with Crippen LogP contribution >= 0.6 is 0 Å². The van der Waals surface area contributed by atoms with Gasteiger partial charge in [0, 0.05) is 13.1 Å². The molecule has 1 aliphatic rings. The molecule has 0 spiro atoms. The molecule has 1 saturated heterocycles. The van der Waals surface area contributed by atoms with Crippen molar-refractivity contribution in [2.45, 2.75) is 19.0 Å². The Morgan fingerprint density at radius 1 is 1.17 bits per heavy atom. The first-order valence-corrected chi connectivity index (χ1v) is 5.75. The van der Waals surface area contributed by atoms with E-state index in [9.17, 15) is 17.6 Å². The largest absolute Gasteiger partial charge is 0.395 e. The van der Waals surface area contributed by atoms with Crippen LogP contribution in [0.4, 0.5) is 28.9 Å². The molecule has 18 heavy (non-hydrogen) atoms. The van der Waals surface area contributed by atoms with E-state index in [4.69, 9.17) is 5.73 Å². The Balaban J connectivity index is 2.08. The van der Waals surface area contributed by atoms with E-state index >= 15 is 0 Å². The van der Waals surface area contributed by atoms with Gasteiger partial charge in [-0.3, -0.25) is 0 Å². The minimum Gasteiger partial charge on any atom is -0.395 e. The summed E-state index contributed by atoms with van der Waals surface area (Å²) in [5.74, 6) is -1.80. The second-order valence-corrected chi connectivity index (χ2v) is 4.48. The summed E-state index contributed by atoms with van der Waals surface area (Å²) in [5.41, 5.74) is 6.08. The zero-order valence-electron chi connectivity index (χ0n) is 9.67. The quantitative estimate of drug-likeness (QED) is 0.622. The molecule has 2 rings (SSSR count). The molecule has 1 aromatic carbocycles. The van der Waals surface area contributed by atoms with Gasteiger partial charge in [-0.15, -0.1) is 0 Å².